The van der Waals surface area contributed by atoms with Gasteiger partial charge < -0.3 is 15.2 Å². The van der Waals surface area contributed by atoms with Gasteiger partial charge in [-0.3, -0.25) is 0 Å². The SMILES string of the molecule is CCCCC[C@H](N)c1ccc(OC)c(OCC)c1. The highest BCUT2D eigenvalue weighted by atomic mass is 16.5. The molecule has 0 saturated carbocycles. The van der Waals surface area contributed by atoms with Crippen molar-refractivity contribution in [1.29, 1.82) is 0 Å². The van der Waals surface area contributed by atoms with Crippen LogP contribution in [0.15, 0.2) is 18.2 Å². The van der Waals surface area contributed by atoms with Gasteiger partial charge in [0.1, 0.15) is 0 Å². The van der Waals surface area contributed by atoms with Crippen LogP contribution in [0.25, 0.3) is 0 Å². The summed E-state index contributed by atoms with van der Waals surface area (Å²) in [5.74, 6) is 1.55. The third-order valence-corrected chi connectivity index (χ3v) is 3.03. The minimum Gasteiger partial charge on any atom is -0.493 e. The van der Waals surface area contributed by atoms with Gasteiger partial charge in [-0.1, -0.05) is 32.3 Å². The molecule has 0 bridgehead atoms. The van der Waals surface area contributed by atoms with E-state index in [0.717, 1.165) is 23.5 Å². The first kappa shape index (κ1) is 14.8. The van der Waals surface area contributed by atoms with Crippen LogP contribution in [-0.4, -0.2) is 13.7 Å². The minimum atomic E-state index is 0.0849. The quantitative estimate of drug-likeness (QED) is 0.717. The van der Waals surface area contributed by atoms with Crippen molar-refractivity contribution in [1.82, 2.24) is 0 Å². The number of nitrogens with two attached hydrogens (primary N) is 1. The van der Waals surface area contributed by atoms with E-state index < -0.39 is 0 Å². The summed E-state index contributed by atoms with van der Waals surface area (Å²) in [5.41, 5.74) is 7.32. The molecule has 0 aliphatic heterocycles. The molecular weight excluding hydrogens is 226 g/mol. The molecule has 3 heteroatoms. The van der Waals surface area contributed by atoms with E-state index in [0.29, 0.717) is 6.61 Å². The number of methoxy groups -OCH3 is 1. The first-order valence-electron chi connectivity index (χ1n) is 6.79. The fourth-order valence-electron chi connectivity index (χ4n) is 1.97. The molecule has 0 aromatic heterocycles. The standard InChI is InChI=1S/C15H25NO2/c1-4-6-7-8-13(16)12-9-10-14(17-3)15(11-12)18-5-2/h9-11,13H,4-8,16H2,1-3H3/t13-/m0/s1. The Morgan fingerprint density at radius 1 is 1.17 bits per heavy atom. The summed E-state index contributed by atoms with van der Waals surface area (Å²) in [4.78, 5) is 0. The molecule has 0 fully saturated rings. The van der Waals surface area contributed by atoms with Gasteiger partial charge in [-0.15, -0.1) is 0 Å². The summed E-state index contributed by atoms with van der Waals surface area (Å²) < 4.78 is 10.8. The second kappa shape index (κ2) is 7.98. The molecule has 1 atom stereocenters. The Balaban J connectivity index is 2.73. The number of ether oxygens (including phenoxy) is 2. The summed E-state index contributed by atoms with van der Waals surface area (Å²) in [6.45, 7) is 4.80. The summed E-state index contributed by atoms with van der Waals surface area (Å²) in [6, 6.07) is 6.04. The van der Waals surface area contributed by atoms with Gasteiger partial charge in [0, 0.05) is 6.04 Å². The van der Waals surface area contributed by atoms with Gasteiger partial charge in [-0.05, 0) is 31.0 Å². The van der Waals surface area contributed by atoms with Crippen molar-refractivity contribution in [2.24, 2.45) is 5.73 Å². The van der Waals surface area contributed by atoms with Gasteiger partial charge in [0.25, 0.3) is 0 Å². The lowest BCUT2D eigenvalue weighted by Crippen LogP contribution is -2.10. The molecule has 0 amide bonds. The first-order valence-corrected chi connectivity index (χ1v) is 6.79. The maximum atomic E-state index is 6.20. The molecule has 0 spiro atoms. The fourth-order valence-corrected chi connectivity index (χ4v) is 1.97. The molecule has 0 aliphatic rings. The van der Waals surface area contributed by atoms with E-state index in [1.807, 2.05) is 25.1 Å². The van der Waals surface area contributed by atoms with Crippen LogP contribution in [0, 0.1) is 0 Å². The van der Waals surface area contributed by atoms with Crippen molar-refractivity contribution in [3.8, 4) is 11.5 Å². The second-order valence-corrected chi connectivity index (χ2v) is 4.45. The van der Waals surface area contributed by atoms with Gasteiger partial charge in [-0.25, -0.2) is 0 Å². The predicted octanol–water partition coefficient (Wildman–Crippen LogP) is 3.67. The van der Waals surface area contributed by atoms with E-state index in [2.05, 4.69) is 6.92 Å². The van der Waals surface area contributed by atoms with Crippen LogP contribution in [-0.2, 0) is 0 Å². The van der Waals surface area contributed by atoms with E-state index in [9.17, 15) is 0 Å². The smallest absolute Gasteiger partial charge is 0.161 e. The second-order valence-electron chi connectivity index (χ2n) is 4.45. The average molecular weight is 251 g/mol. The van der Waals surface area contributed by atoms with Gasteiger partial charge >= 0.3 is 0 Å². The lowest BCUT2D eigenvalue weighted by molar-refractivity contribution is 0.310. The van der Waals surface area contributed by atoms with Crippen LogP contribution in [0.4, 0.5) is 0 Å². The third kappa shape index (κ3) is 4.22. The van der Waals surface area contributed by atoms with Crippen LogP contribution < -0.4 is 15.2 Å². The Bertz CT molecular complexity index is 352. The molecule has 1 rings (SSSR count). The van der Waals surface area contributed by atoms with Gasteiger partial charge in [0.05, 0.1) is 13.7 Å². The molecule has 0 aliphatic carbocycles. The molecule has 18 heavy (non-hydrogen) atoms. The molecule has 0 heterocycles. The van der Waals surface area contributed by atoms with Crippen LogP contribution >= 0.6 is 0 Å². The Morgan fingerprint density at radius 2 is 1.94 bits per heavy atom. The van der Waals surface area contributed by atoms with Crippen molar-refractivity contribution in [3.05, 3.63) is 23.8 Å². The largest absolute Gasteiger partial charge is 0.493 e. The zero-order valence-corrected chi connectivity index (χ0v) is 11.7. The lowest BCUT2D eigenvalue weighted by Gasteiger charge is -2.15. The minimum absolute atomic E-state index is 0.0849. The summed E-state index contributed by atoms with van der Waals surface area (Å²) in [7, 11) is 1.65. The van der Waals surface area contributed by atoms with Crippen LogP contribution in [0.2, 0.25) is 0 Å². The number of hydrogen-bond acceptors (Lipinski definition) is 3. The van der Waals surface area contributed by atoms with Crippen LogP contribution in [0.1, 0.15) is 51.1 Å². The zero-order chi connectivity index (χ0) is 13.4. The molecule has 1 aromatic rings. The molecule has 102 valence electrons. The zero-order valence-electron chi connectivity index (χ0n) is 11.7. The van der Waals surface area contributed by atoms with Gasteiger partial charge in [-0.2, -0.15) is 0 Å². The lowest BCUT2D eigenvalue weighted by atomic mass is 10.0. The normalized spacial score (nSPS) is 12.2. The number of hydrogen-bond donors (Lipinski definition) is 1. The maximum Gasteiger partial charge on any atom is 0.161 e. The average Bonchev–Trinajstić information content (AvgIpc) is 2.39. The number of benzene rings is 1. The highest BCUT2D eigenvalue weighted by Gasteiger charge is 2.10. The Kier molecular flexibility index (Phi) is 6.58. The Hall–Kier alpha value is -1.22. The molecule has 2 N–H and O–H groups in total. The summed E-state index contributed by atoms with van der Waals surface area (Å²) in [5, 5.41) is 0. The highest BCUT2D eigenvalue weighted by molar-refractivity contribution is 5.43. The van der Waals surface area contributed by atoms with Gasteiger partial charge in [0.2, 0.25) is 0 Å². The highest BCUT2D eigenvalue weighted by Crippen LogP contribution is 2.31. The molecule has 0 unspecified atom stereocenters. The predicted molar refractivity (Wildman–Crippen MR) is 75.2 cm³/mol. The molecular formula is C15H25NO2. The third-order valence-electron chi connectivity index (χ3n) is 3.03. The van der Waals surface area contributed by atoms with Crippen molar-refractivity contribution >= 4 is 0 Å². The van der Waals surface area contributed by atoms with Crippen LogP contribution in [0.5, 0.6) is 11.5 Å². The summed E-state index contributed by atoms with van der Waals surface area (Å²) >= 11 is 0. The first-order chi connectivity index (χ1) is 8.72. The molecule has 1 aromatic carbocycles. The Morgan fingerprint density at radius 3 is 2.56 bits per heavy atom. The number of unbranched alkanes of at least 4 members (excludes halogenated alkanes) is 2. The molecule has 3 nitrogen and oxygen atoms in total. The number of rotatable bonds is 8. The maximum absolute atomic E-state index is 6.20. The van der Waals surface area contributed by atoms with E-state index in [1.54, 1.807) is 7.11 Å². The van der Waals surface area contributed by atoms with Crippen molar-refractivity contribution in [3.63, 3.8) is 0 Å². The van der Waals surface area contributed by atoms with E-state index in [1.165, 1.54) is 19.3 Å². The van der Waals surface area contributed by atoms with E-state index in [4.69, 9.17) is 15.2 Å². The summed E-state index contributed by atoms with van der Waals surface area (Å²) in [6.07, 6.45) is 4.65. The monoisotopic (exact) mass is 251 g/mol. The topological polar surface area (TPSA) is 44.5 Å². The molecule has 0 saturated heterocycles. The van der Waals surface area contributed by atoms with Crippen molar-refractivity contribution in [2.75, 3.05) is 13.7 Å². The fraction of sp³-hybridized carbons (Fsp3) is 0.600. The molecule has 0 radical (unpaired) electrons. The van der Waals surface area contributed by atoms with E-state index >= 15 is 0 Å². The van der Waals surface area contributed by atoms with Crippen LogP contribution in [0.3, 0.4) is 0 Å². The Labute approximate surface area is 110 Å². The van der Waals surface area contributed by atoms with Crippen molar-refractivity contribution in [2.45, 2.75) is 45.6 Å². The van der Waals surface area contributed by atoms with Crippen molar-refractivity contribution < 1.29 is 9.47 Å². The van der Waals surface area contributed by atoms with Gasteiger partial charge in [0.15, 0.2) is 11.5 Å². The van der Waals surface area contributed by atoms with E-state index in [-0.39, 0.29) is 6.04 Å².